The first-order valence-corrected chi connectivity index (χ1v) is 12.7. The topological polar surface area (TPSA) is 131 Å². The number of nitrogens with two attached hydrogens (primary N) is 1. The number of benzene rings is 2. The Balaban J connectivity index is 2.13. The van der Waals surface area contributed by atoms with Crippen LogP contribution in [0.2, 0.25) is 0 Å². The van der Waals surface area contributed by atoms with E-state index in [1.165, 1.54) is 18.2 Å². The van der Waals surface area contributed by atoms with Gasteiger partial charge in [-0.15, -0.1) is 0 Å². The number of ether oxygens (including phenoxy) is 4. The fraction of sp³-hybridized carbons (Fsp3) is 0.414. The van der Waals surface area contributed by atoms with Crippen LogP contribution >= 0.6 is 12.2 Å². The van der Waals surface area contributed by atoms with Crippen LogP contribution in [0.3, 0.4) is 0 Å². The van der Waals surface area contributed by atoms with Gasteiger partial charge in [0.05, 0.1) is 0 Å². The Hall–Kier alpha value is -3.79. The smallest absolute Gasteiger partial charge is 0.344 e. The van der Waals surface area contributed by atoms with Crippen LogP contribution in [0.15, 0.2) is 42.5 Å². The van der Waals surface area contributed by atoms with Crippen LogP contribution in [0.5, 0.6) is 11.5 Å². The number of thiocarbonyl (C=S) groups is 1. The number of carbonyl (C=O) groups is 4. The number of Topliss-reactive ketones (excluding diaryl/α,β-unsaturated/α-hetero) is 2. The minimum Gasteiger partial charge on any atom is -0.478 e. The molecule has 0 aliphatic rings. The van der Waals surface area contributed by atoms with Crippen molar-refractivity contribution in [3.8, 4) is 11.5 Å². The van der Waals surface area contributed by atoms with Crippen LogP contribution in [0.4, 0.5) is 0 Å². The van der Waals surface area contributed by atoms with Gasteiger partial charge in [0.2, 0.25) is 0 Å². The fourth-order valence-corrected chi connectivity index (χ4v) is 3.40. The maximum Gasteiger partial charge on any atom is 0.344 e. The zero-order chi connectivity index (χ0) is 29.4. The molecule has 2 aromatic rings. The molecule has 0 saturated carbocycles. The van der Waals surface area contributed by atoms with E-state index < -0.39 is 36.4 Å². The quantitative estimate of drug-likeness (QED) is 0.224. The third kappa shape index (κ3) is 11.2. The summed E-state index contributed by atoms with van der Waals surface area (Å²) in [5, 5.41) is 0. The predicted octanol–water partition coefficient (Wildman–Crippen LogP) is 4.61. The summed E-state index contributed by atoms with van der Waals surface area (Å²) < 4.78 is 21.7. The molecule has 0 heterocycles. The lowest BCUT2D eigenvalue weighted by atomic mass is 10.0. The van der Waals surface area contributed by atoms with Gasteiger partial charge in [-0.1, -0.05) is 36.5 Å². The molecule has 0 fully saturated rings. The summed E-state index contributed by atoms with van der Waals surface area (Å²) in [5.74, 6) is -1.55. The molecule has 0 aliphatic heterocycles. The van der Waals surface area contributed by atoms with Gasteiger partial charge in [0.1, 0.15) is 16.2 Å². The van der Waals surface area contributed by atoms with E-state index in [2.05, 4.69) is 0 Å². The van der Waals surface area contributed by atoms with Gasteiger partial charge in [-0.05, 0) is 59.7 Å². The number of hydrogen-bond acceptors (Lipinski definition) is 9. The number of esters is 2. The van der Waals surface area contributed by atoms with Gasteiger partial charge >= 0.3 is 11.9 Å². The largest absolute Gasteiger partial charge is 0.478 e. The lowest BCUT2D eigenvalue weighted by Crippen LogP contribution is -2.28. The summed E-state index contributed by atoms with van der Waals surface area (Å²) >= 11 is 4.92. The maximum absolute atomic E-state index is 12.9. The monoisotopic (exact) mass is 557 g/mol. The van der Waals surface area contributed by atoms with Crippen molar-refractivity contribution < 1.29 is 38.1 Å². The summed E-state index contributed by atoms with van der Waals surface area (Å²) in [6.45, 7) is 9.52. The van der Waals surface area contributed by atoms with E-state index in [0.717, 1.165) is 0 Å². The lowest BCUT2D eigenvalue weighted by Gasteiger charge is -2.21. The van der Waals surface area contributed by atoms with E-state index in [-0.39, 0.29) is 46.5 Å². The second-order valence-electron chi connectivity index (χ2n) is 10.7. The Morgan fingerprint density at radius 1 is 0.667 bits per heavy atom. The summed E-state index contributed by atoms with van der Waals surface area (Å²) in [4.78, 5) is 50.0. The molecule has 0 aliphatic carbocycles. The molecular formula is C29H35NO8S. The van der Waals surface area contributed by atoms with E-state index in [9.17, 15) is 19.2 Å². The number of carbonyl (C=O) groups excluding carboxylic acids is 4. The molecule has 0 amide bonds. The first-order valence-electron chi connectivity index (χ1n) is 12.3. The Bertz CT molecular complexity index is 1220. The van der Waals surface area contributed by atoms with Gasteiger partial charge in [0.15, 0.2) is 36.3 Å². The lowest BCUT2D eigenvalue weighted by molar-refractivity contribution is -0.158. The minimum absolute atomic E-state index is 0.0176. The first kappa shape index (κ1) is 31.4. The zero-order valence-corrected chi connectivity index (χ0v) is 23.9. The van der Waals surface area contributed by atoms with Crippen molar-refractivity contribution in [2.24, 2.45) is 5.73 Å². The molecule has 9 nitrogen and oxygen atoms in total. The zero-order valence-electron chi connectivity index (χ0n) is 23.1. The standard InChI is InChI=1S/C29H35NO8S/c1-28(2,3)37-25(33)16-35-23-14-11-20(15-24(23)36-17-26(34)38-29(4,5)6)22(32)13-12-21(31)18-7-9-19(10-8-18)27(30)39/h7-11,14-15H,12-13,16-17H2,1-6H3,(H2,30,39). The predicted molar refractivity (Wildman–Crippen MR) is 149 cm³/mol. The van der Waals surface area contributed by atoms with Gasteiger partial charge in [-0.2, -0.15) is 0 Å². The second-order valence-corrected chi connectivity index (χ2v) is 11.1. The summed E-state index contributed by atoms with van der Waals surface area (Å²) in [5.41, 5.74) is 5.51. The molecule has 2 aromatic carbocycles. The van der Waals surface area contributed by atoms with E-state index in [4.69, 9.17) is 36.9 Å². The first-order chi connectivity index (χ1) is 18.0. The van der Waals surface area contributed by atoms with Crippen molar-refractivity contribution in [2.75, 3.05) is 13.2 Å². The normalized spacial score (nSPS) is 11.3. The number of rotatable bonds is 12. The second kappa shape index (κ2) is 13.3. The molecule has 210 valence electrons. The average Bonchev–Trinajstić information content (AvgIpc) is 2.82. The third-order valence-corrected chi connectivity index (χ3v) is 5.10. The average molecular weight is 558 g/mol. The summed E-state index contributed by atoms with van der Waals surface area (Å²) in [6, 6.07) is 10.9. The van der Waals surface area contributed by atoms with Crippen LogP contribution in [0.1, 0.15) is 80.7 Å². The highest BCUT2D eigenvalue weighted by Gasteiger charge is 2.21. The maximum atomic E-state index is 12.9. The van der Waals surface area contributed by atoms with Crippen molar-refractivity contribution in [3.63, 3.8) is 0 Å². The molecule has 0 radical (unpaired) electrons. The minimum atomic E-state index is -0.711. The van der Waals surface area contributed by atoms with Crippen LogP contribution in [0, 0.1) is 0 Å². The molecule has 0 aromatic heterocycles. The van der Waals surface area contributed by atoms with Gasteiger partial charge in [0, 0.05) is 29.5 Å². The van der Waals surface area contributed by atoms with Gasteiger partial charge < -0.3 is 24.7 Å². The summed E-state index contributed by atoms with van der Waals surface area (Å²) in [6.07, 6.45) is -0.0737. The summed E-state index contributed by atoms with van der Waals surface area (Å²) in [7, 11) is 0. The molecular weight excluding hydrogens is 522 g/mol. The molecule has 0 bridgehead atoms. The van der Waals surface area contributed by atoms with E-state index in [1.54, 1.807) is 65.8 Å². The Labute approximate surface area is 233 Å². The third-order valence-electron chi connectivity index (χ3n) is 4.87. The Kier molecular flexibility index (Phi) is 10.7. The molecule has 10 heteroatoms. The number of hydrogen-bond donors (Lipinski definition) is 1. The van der Waals surface area contributed by atoms with Crippen LogP contribution in [-0.2, 0) is 19.1 Å². The van der Waals surface area contributed by atoms with E-state index in [1.807, 2.05) is 0 Å². The molecule has 0 atom stereocenters. The van der Waals surface area contributed by atoms with Crippen LogP contribution in [-0.4, -0.2) is 52.9 Å². The Morgan fingerprint density at radius 2 is 1.08 bits per heavy atom. The van der Waals surface area contributed by atoms with Crippen molar-refractivity contribution in [3.05, 3.63) is 59.2 Å². The van der Waals surface area contributed by atoms with Crippen molar-refractivity contribution in [1.82, 2.24) is 0 Å². The molecule has 39 heavy (non-hydrogen) atoms. The van der Waals surface area contributed by atoms with Gasteiger partial charge in [-0.25, -0.2) is 9.59 Å². The highest BCUT2D eigenvalue weighted by Crippen LogP contribution is 2.30. The Morgan fingerprint density at radius 3 is 1.54 bits per heavy atom. The number of ketones is 2. The highest BCUT2D eigenvalue weighted by molar-refractivity contribution is 7.80. The van der Waals surface area contributed by atoms with Gasteiger partial charge in [0.25, 0.3) is 0 Å². The van der Waals surface area contributed by atoms with Crippen molar-refractivity contribution >= 4 is 40.7 Å². The molecule has 0 spiro atoms. The van der Waals surface area contributed by atoms with E-state index >= 15 is 0 Å². The van der Waals surface area contributed by atoms with Crippen molar-refractivity contribution in [2.45, 2.75) is 65.6 Å². The molecule has 2 rings (SSSR count). The van der Waals surface area contributed by atoms with Crippen molar-refractivity contribution in [1.29, 1.82) is 0 Å². The van der Waals surface area contributed by atoms with Gasteiger partial charge in [-0.3, -0.25) is 9.59 Å². The highest BCUT2D eigenvalue weighted by atomic mass is 32.1. The molecule has 0 saturated heterocycles. The molecule has 2 N–H and O–H groups in total. The van der Waals surface area contributed by atoms with E-state index in [0.29, 0.717) is 11.1 Å². The SMILES string of the molecule is CC(C)(C)OC(=O)COc1ccc(C(=O)CCC(=O)c2ccc(C(N)=S)cc2)cc1OCC(=O)OC(C)(C)C. The van der Waals surface area contributed by atoms with Crippen LogP contribution in [0.25, 0.3) is 0 Å². The fourth-order valence-electron chi connectivity index (χ4n) is 3.26. The molecule has 0 unspecified atom stereocenters. The van der Waals surface area contributed by atoms with Crippen LogP contribution < -0.4 is 15.2 Å².